The van der Waals surface area contributed by atoms with Crippen molar-refractivity contribution in [1.82, 2.24) is 5.32 Å². The number of rotatable bonds is 6. The molecule has 2 aromatic rings. The first kappa shape index (κ1) is 15.4. The lowest BCUT2D eigenvalue weighted by molar-refractivity contribution is 0.388. The van der Waals surface area contributed by atoms with Crippen molar-refractivity contribution in [3.63, 3.8) is 0 Å². The van der Waals surface area contributed by atoms with Gasteiger partial charge in [-0.3, -0.25) is 0 Å². The van der Waals surface area contributed by atoms with Crippen LogP contribution in [0.5, 0.6) is 11.5 Å². The molecule has 0 bridgehead atoms. The Morgan fingerprint density at radius 1 is 1.05 bits per heavy atom. The minimum atomic E-state index is 0.0948. The summed E-state index contributed by atoms with van der Waals surface area (Å²) < 4.78 is 10.8. The first-order valence-corrected chi connectivity index (χ1v) is 7.21. The monoisotopic (exact) mass is 285 g/mol. The van der Waals surface area contributed by atoms with E-state index in [9.17, 15) is 0 Å². The molecule has 21 heavy (non-hydrogen) atoms. The molecule has 0 radical (unpaired) electrons. The minimum absolute atomic E-state index is 0.0948. The van der Waals surface area contributed by atoms with Gasteiger partial charge in [0.2, 0.25) is 0 Å². The molecule has 0 heterocycles. The largest absolute Gasteiger partial charge is 0.497 e. The van der Waals surface area contributed by atoms with Crippen LogP contribution in [0.3, 0.4) is 0 Å². The average Bonchev–Trinajstić information content (AvgIpc) is 2.56. The highest BCUT2D eigenvalue weighted by Gasteiger charge is 2.17. The predicted molar refractivity (Wildman–Crippen MR) is 86.3 cm³/mol. The molecular formula is C18H23NO2. The Kier molecular flexibility index (Phi) is 5.23. The third kappa shape index (κ3) is 3.37. The topological polar surface area (TPSA) is 30.5 Å². The maximum atomic E-state index is 5.53. The zero-order valence-corrected chi connectivity index (χ0v) is 13.1. The molecule has 0 aliphatic rings. The summed E-state index contributed by atoms with van der Waals surface area (Å²) in [6.45, 7) is 2.17. The lowest BCUT2D eigenvalue weighted by Crippen LogP contribution is -2.18. The maximum Gasteiger partial charge on any atom is 0.127 e. The molecule has 0 saturated heterocycles. The standard InChI is InChI=1S/C18H23NO2/c1-5-13-7-6-8-14(11-13)18(19-2)16-10-9-15(20-3)12-17(16)21-4/h6-12,18-19H,5H2,1-4H3. The van der Waals surface area contributed by atoms with Crippen molar-refractivity contribution in [2.24, 2.45) is 0 Å². The summed E-state index contributed by atoms with van der Waals surface area (Å²) in [4.78, 5) is 0. The Morgan fingerprint density at radius 3 is 2.48 bits per heavy atom. The molecule has 0 aromatic heterocycles. The molecule has 0 aliphatic heterocycles. The van der Waals surface area contributed by atoms with Crippen LogP contribution in [-0.4, -0.2) is 21.3 Å². The number of benzene rings is 2. The summed E-state index contributed by atoms with van der Waals surface area (Å²) in [6.07, 6.45) is 1.03. The molecule has 2 aromatic carbocycles. The fourth-order valence-electron chi connectivity index (χ4n) is 2.55. The highest BCUT2D eigenvalue weighted by molar-refractivity contribution is 5.46. The highest BCUT2D eigenvalue weighted by Crippen LogP contribution is 2.33. The maximum absolute atomic E-state index is 5.53. The van der Waals surface area contributed by atoms with Gasteiger partial charge in [0, 0.05) is 11.6 Å². The number of hydrogen-bond donors (Lipinski definition) is 1. The number of nitrogens with one attached hydrogen (secondary N) is 1. The van der Waals surface area contributed by atoms with E-state index < -0.39 is 0 Å². The SMILES string of the molecule is CCc1cccc(C(NC)c2ccc(OC)cc2OC)c1. The van der Waals surface area contributed by atoms with Crippen LogP contribution in [0.2, 0.25) is 0 Å². The van der Waals surface area contributed by atoms with Crippen molar-refractivity contribution < 1.29 is 9.47 Å². The van der Waals surface area contributed by atoms with Gasteiger partial charge in [-0.1, -0.05) is 31.2 Å². The first-order valence-electron chi connectivity index (χ1n) is 7.21. The van der Waals surface area contributed by atoms with Crippen molar-refractivity contribution in [3.05, 3.63) is 59.2 Å². The molecule has 1 unspecified atom stereocenters. The molecule has 0 aliphatic carbocycles. The van der Waals surface area contributed by atoms with E-state index in [4.69, 9.17) is 9.47 Å². The number of aryl methyl sites for hydroxylation is 1. The zero-order valence-electron chi connectivity index (χ0n) is 13.1. The van der Waals surface area contributed by atoms with E-state index in [0.29, 0.717) is 0 Å². The van der Waals surface area contributed by atoms with Crippen LogP contribution in [-0.2, 0) is 6.42 Å². The van der Waals surface area contributed by atoms with E-state index in [1.165, 1.54) is 11.1 Å². The predicted octanol–water partition coefficient (Wildman–Crippen LogP) is 3.58. The van der Waals surface area contributed by atoms with Crippen LogP contribution in [0.1, 0.15) is 29.7 Å². The van der Waals surface area contributed by atoms with Gasteiger partial charge in [-0.05, 0) is 36.7 Å². The molecule has 112 valence electrons. The molecule has 2 rings (SSSR count). The highest BCUT2D eigenvalue weighted by atomic mass is 16.5. The summed E-state index contributed by atoms with van der Waals surface area (Å²) in [5.41, 5.74) is 3.68. The van der Waals surface area contributed by atoms with E-state index in [2.05, 4.69) is 42.6 Å². The zero-order chi connectivity index (χ0) is 15.2. The molecule has 0 saturated carbocycles. The summed E-state index contributed by atoms with van der Waals surface area (Å²) in [5.74, 6) is 1.63. The summed E-state index contributed by atoms with van der Waals surface area (Å²) >= 11 is 0. The van der Waals surface area contributed by atoms with Gasteiger partial charge in [0.15, 0.2) is 0 Å². The van der Waals surface area contributed by atoms with Gasteiger partial charge in [-0.2, -0.15) is 0 Å². The third-order valence-corrected chi connectivity index (χ3v) is 3.73. The molecule has 1 N–H and O–H groups in total. The van der Waals surface area contributed by atoms with E-state index in [1.54, 1.807) is 14.2 Å². The van der Waals surface area contributed by atoms with Gasteiger partial charge in [0.25, 0.3) is 0 Å². The number of methoxy groups -OCH3 is 2. The smallest absolute Gasteiger partial charge is 0.127 e. The second-order valence-electron chi connectivity index (χ2n) is 4.93. The van der Waals surface area contributed by atoms with Crippen molar-refractivity contribution in [3.8, 4) is 11.5 Å². The Morgan fingerprint density at radius 2 is 1.86 bits per heavy atom. The van der Waals surface area contributed by atoms with Gasteiger partial charge in [0.05, 0.1) is 20.3 Å². The second kappa shape index (κ2) is 7.14. The van der Waals surface area contributed by atoms with E-state index in [1.807, 2.05) is 19.2 Å². The Hall–Kier alpha value is -2.00. The molecule has 0 amide bonds. The van der Waals surface area contributed by atoms with Gasteiger partial charge >= 0.3 is 0 Å². The number of ether oxygens (including phenoxy) is 2. The van der Waals surface area contributed by atoms with Crippen LogP contribution in [0.4, 0.5) is 0 Å². The summed E-state index contributed by atoms with van der Waals surface area (Å²) in [5, 5.41) is 3.38. The molecule has 3 heteroatoms. The summed E-state index contributed by atoms with van der Waals surface area (Å²) in [7, 11) is 5.31. The van der Waals surface area contributed by atoms with Crippen LogP contribution in [0.15, 0.2) is 42.5 Å². The van der Waals surface area contributed by atoms with E-state index in [-0.39, 0.29) is 6.04 Å². The van der Waals surface area contributed by atoms with Crippen LogP contribution in [0, 0.1) is 0 Å². The first-order chi connectivity index (χ1) is 10.2. The van der Waals surface area contributed by atoms with Gasteiger partial charge < -0.3 is 14.8 Å². The fourth-order valence-corrected chi connectivity index (χ4v) is 2.55. The molecule has 3 nitrogen and oxygen atoms in total. The average molecular weight is 285 g/mol. The van der Waals surface area contributed by atoms with Crippen molar-refractivity contribution in [2.75, 3.05) is 21.3 Å². The van der Waals surface area contributed by atoms with Gasteiger partial charge in [0.1, 0.15) is 11.5 Å². The van der Waals surface area contributed by atoms with Crippen LogP contribution < -0.4 is 14.8 Å². The van der Waals surface area contributed by atoms with Crippen molar-refractivity contribution in [2.45, 2.75) is 19.4 Å². The molecule has 0 fully saturated rings. The minimum Gasteiger partial charge on any atom is -0.497 e. The second-order valence-corrected chi connectivity index (χ2v) is 4.93. The Bertz CT molecular complexity index is 596. The van der Waals surface area contributed by atoms with Gasteiger partial charge in [-0.15, -0.1) is 0 Å². The quantitative estimate of drug-likeness (QED) is 0.880. The van der Waals surface area contributed by atoms with E-state index >= 15 is 0 Å². The fraction of sp³-hybridized carbons (Fsp3) is 0.333. The molecule has 1 atom stereocenters. The van der Waals surface area contributed by atoms with E-state index in [0.717, 1.165) is 23.5 Å². The van der Waals surface area contributed by atoms with Crippen molar-refractivity contribution in [1.29, 1.82) is 0 Å². The summed E-state index contributed by atoms with van der Waals surface area (Å²) in [6, 6.07) is 14.7. The normalized spacial score (nSPS) is 12.0. The Balaban J connectivity index is 2.45. The number of hydrogen-bond acceptors (Lipinski definition) is 3. The van der Waals surface area contributed by atoms with Crippen LogP contribution >= 0.6 is 0 Å². The van der Waals surface area contributed by atoms with Gasteiger partial charge in [-0.25, -0.2) is 0 Å². The molecule has 0 spiro atoms. The van der Waals surface area contributed by atoms with Crippen LogP contribution in [0.25, 0.3) is 0 Å². The lowest BCUT2D eigenvalue weighted by Gasteiger charge is -2.21. The lowest BCUT2D eigenvalue weighted by atomic mass is 9.96. The third-order valence-electron chi connectivity index (χ3n) is 3.73. The molecular weight excluding hydrogens is 262 g/mol. The van der Waals surface area contributed by atoms with Crippen molar-refractivity contribution >= 4 is 0 Å². The Labute approximate surface area is 126 Å².